The minimum absolute atomic E-state index is 0.113. The van der Waals surface area contributed by atoms with Crippen LogP contribution in [0.4, 0.5) is 23.2 Å². The first-order chi connectivity index (χ1) is 12.8. The Hall–Kier alpha value is -2.94. The van der Waals surface area contributed by atoms with E-state index >= 15 is 0 Å². The smallest absolute Gasteiger partial charge is 0.428 e. The molecule has 2 aromatic rings. The normalized spacial score (nSPS) is 16.2. The minimum Gasteiger partial charge on any atom is -0.428 e. The summed E-state index contributed by atoms with van der Waals surface area (Å²) in [7, 11) is 0. The van der Waals surface area contributed by atoms with E-state index in [1.807, 2.05) is 0 Å². The number of para-hydroxylation sites is 1. The van der Waals surface area contributed by atoms with Crippen LogP contribution >= 0.6 is 12.2 Å². The van der Waals surface area contributed by atoms with Crippen molar-refractivity contribution in [3.63, 3.8) is 0 Å². The SMILES string of the molecule is O=C1/C(=C\c2cccc(OC(F)(F)C(F)F)c2)NC(=S)N1c1ccccc1. The molecule has 0 bridgehead atoms. The van der Waals surface area contributed by atoms with E-state index in [0.29, 0.717) is 11.3 Å². The van der Waals surface area contributed by atoms with E-state index in [9.17, 15) is 22.4 Å². The lowest BCUT2D eigenvalue weighted by Gasteiger charge is -2.16. The lowest BCUT2D eigenvalue weighted by atomic mass is 10.1. The van der Waals surface area contributed by atoms with Gasteiger partial charge in [0.15, 0.2) is 5.11 Å². The number of amides is 1. The van der Waals surface area contributed by atoms with Gasteiger partial charge in [-0.25, -0.2) is 0 Å². The monoisotopic (exact) mass is 396 g/mol. The van der Waals surface area contributed by atoms with E-state index in [4.69, 9.17) is 12.2 Å². The van der Waals surface area contributed by atoms with E-state index in [2.05, 4.69) is 10.1 Å². The summed E-state index contributed by atoms with van der Waals surface area (Å²) in [6, 6.07) is 13.8. The van der Waals surface area contributed by atoms with Crippen LogP contribution in [0.1, 0.15) is 5.56 Å². The molecule has 1 amide bonds. The zero-order chi connectivity index (χ0) is 19.6. The molecular weight excluding hydrogens is 384 g/mol. The van der Waals surface area contributed by atoms with E-state index < -0.39 is 24.2 Å². The van der Waals surface area contributed by atoms with Crippen molar-refractivity contribution >= 4 is 35.0 Å². The first-order valence-corrected chi connectivity index (χ1v) is 8.06. The summed E-state index contributed by atoms with van der Waals surface area (Å²) in [5, 5.41) is 2.91. The number of rotatable bonds is 5. The standard InChI is InChI=1S/C18H12F4N2O2S/c19-16(20)18(21,22)26-13-8-4-5-11(9-13)10-14-15(25)24(17(27)23-14)12-6-2-1-3-7-12/h1-10,16H,(H,23,27)/b14-10+. The molecule has 1 heterocycles. The van der Waals surface area contributed by atoms with Crippen LogP contribution in [-0.2, 0) is 4.79 Å². The Labute approximate surface area is 157 Å². The maximum atomic E-state index is 13.0. The van der Waals surface area contributed by atoms with Crippen LogP contribution in [0.3, 0.4) is 0 Å². The fourth-order valence-electron chi connectivity index (χ4n) is 2.38. The van der Waals surface area contributed by atoms with Gasteiger partial charge in [0, 0.05) is 0 Å². The molecule has 1 N–H and O–H groups in total. The molecule has 0 atom stereocenters. The average Bonchev–Trinajstić information content (AvgIpc) is 2.89. The van der Waals surface area contributed by atoms with Crippen LogP contribution in [0.5, 0.6) is 5.75 Å². The summed E-state index contributed by atoms with van der Waals surface area (Å²) < 4.78 is 54.7. The zero-order valence-corrected chi connectivity index (χ0v) is 14.4. The van der Waals surface area contributed by atoms with Crippen LogP contribution in [0.15, 0.2) is 60.3 Å². The highest BCUT2D eigenvalue weighted by Gasteiger charge is 2.44. The summed E-state index contributed by atoms with van der Waals surface area (Å²) in [5.41, 5.74) is 0.977. The van der Waals surface area contributed by atoms with Crippen molar-refractivity contribution in [3.8, 4) is 5.75 Å². The third-order valence-electron chi connectivity index (χ3n) is 3.57. The molecule has 140 valence electrons. The van der Waals surface area contributed by atoms with Gasteiger partial charge in [0.05, 0.1) is 5.69 Å². The maximum Gasteiger partial charge on any atom is 0.461 e. The lowest BCUT2D eigenvalue weighted by molar-refractivity contribution is -0.253. The van der Waals surface area contributed by atoms with Crippen molar-refractivity contribution in [3.05, 3.63) is 65.9 Å². The molecule has 1 fully saturated rings. The van der Waals surface area contributed by atoms with Gasteiger partial charge in [-0.15, -0.1) is 0 Å². The van der Waals surface area contributed by atoms with Gasteiger partial charge in [-0.1, -0.05) is 30.3 Å². The highest BCUT2D eigenvalue weighted by atomic mass is 32.1. The molecule has 9 heteroatoms. The second-order valence-corrected chi connectivity index (χ2v) is 5.89. The van der Waals surface area contributed by atoms with Crippen LogP contribution < -0.4 is 15.0 Å². The third kappa shape index (κ3) is 4.08. The molecule has 0 spiro atoms. The molecule has 1 saturated heterocycles. The van der Waals surface area contributed by atoms with Crippen LogP contribution in [0.2, 0.25) is 0 Å². The number of nitrogens with zero attached hydrogens (tertiary/aromatic N) is 1. The largest absolute Gasteiger partial charge is 0.461 e. The van der Waals surface area contributed by atoms with E-state index in [-0.39, 0.29) is 10.8 Å². The summed E-state index contributed by atoms with van der Waals surface area (Å²) in [6.45, 7) is 0. The number of benzene rings is 2. The topological polar surface area (TPSA) is 41.6 Å². The van der Waals surface area contributed by atoms with Crippen LogP contribution in [-0.4, -0.2) is 23.6 Å². The number of hydrogen-bond acceptors (Lipinski definition) is 3. The van der Waals surface area contributed by atoms with E-state index in [1.54, 1.807) is 30.3 Å². The molecule has 0 saturated carbocycles. The Kier molecular flexibility index (Phi) is 5.13. The van der Waals surface area contributed by atoms with Gasteiger partial charge in [-0.05, 0) is 48.1 Å². The number of carbonyl (C=O) groups excluding carboxylic acids is 1. The highest BCUT2D eigenvalue weighted by Crippen LogP contribution is 2.29. The van der Waals surface area contributed by atoms with Gasteiger partial charge < -0.3 is 10.1 Å². The molecule has 0 radical (unpaired) electrons. The summed E-state index contributed by atoms with van der Waals surface area (Å²) in [5.74, 6) is -0.891. The van der Waals surface area contributed by atoms with Gasteiger partial charge in [0.2, 0.25) is 0 Å². The highest BCUT2D eigenvalue weighted by molar-refractivity contribution is 7.80. The molecule has 0 unspecified atom stereocenters. The molecule has 0 aliphatic carbocycles. The number of hydrogen-bond donors (Lipinski definition) is 1. The Balaban J connectivity index is 1.84. The second-order valence-electron chi connectivity index (χ2n) is 5.50. The predicted octanol–water partition coefficient (Wildman–Crippen LogP) is 4.19. The van der Waals surface area contributed by atoms with Crippen LogP contribution in [0, 0.1) is 0 Å². The van der Waals surface area contributed by atoms with Crippen molar-refractivity contribution in [2.45, 2.75) is 12.5 Å². The quantitative estimate of drug-likeness (QED) is 0.468. The maximum absolute atomic E-state index is 13.0. The molecule has 2 aromatic carbocycles. The zero-order valence-electron chi connectivity index (χ0n) is 13.5. The first-order valence-electron chi connectivity index (χ1n) is 7.65. The van der Waals surface area contributed by atoms with Crippen molar-refractivity contribution in [2.75, 3.05) is 4.90 Å². The Morgan fingerprint density at radius 3 is 2.48 bits per heavy atom. The first kappa shape index (κ1) is 18.8. The number of halogens is 4. The lowest BCUT2D eigenvalue weighted by Crippen LogP contribution is -2.33. The molecule has 1 aliphatic rings. The number of anilines is 1. The number of carbonyl (C=O) groups is 1. The second kappa shape index (κ2) is 7.36. The molecule has 4 nitrogen and oxygen atoms in total. The van der Waals surface area contributed by atoms with Crippen molar-refractivity contribution in [1.82, 2.24) is 5.32 Å². The van der Waals surface area contributed by atoms with Crippen molar-refractivity contribution in [2.24, 2.45) is 0 Å². The van der Waals surface area contributed by atoms with Gasteiger partial charge in [-0.3, -0.25) is 9.69 Å². The molecule has 0 aromatic heterocycles. The fraction of sp³-hybridized carbons (Fsp3) is 0.111. The average molecular weight is 396 g/mol. The number of alkyl halides is 4. The fourth-order valence-corrected chi connectivity index (χ4v) is 2.68. The third-order valence-corrected chi connectivity index (χ3v) is 3.85. The predicted molar refractivity (Wildman–Crippen MR) is 95.7 cm³/mol. The van der Waals surface area contributed by atoms with E-state index in [1.165, 1.54) is 23.1 Å². The number of nitrogens with one attached hydrogen (secondary N) is 1. The van der Waals surface area contributed by atoms with Gasteiger partial charge in [0.1, 0.15) is 11.4 Å². The number of ether oxygens (including phenoxy) is 1. The Morgan fingerprint density at radius 2 is 1.81 bits per heavy atom. The number of thiocarbonyl (C=S) groups is 1. The van der Waals surface area contributed by atoms with Gasteiger partial charge >= 0.3 is 12.5 Å². The van der Waals surface area contributed by atoms with Gasteiger partial charge in [-0.2, -0.15) is 17.6 Å². The van der Waals surface area contributed by atoms with Crippen molar-refractivity contribution < 1.29 is 27.1 Å². The Bertz CT molecular complexity index is 903. The summed E-state index contributed by atoms with van der Waals surface area (Å²) >= 11 is 5.16. The molecule has 27 heavy (non-hydrogen) atoms. The Morgan fingerprint density at radius 1 is 1.11 bits per heavy atom. The molecular formula is C18H12F4N2O2S. The molecule has 3 rings (SSSR count). The molecule has 1 aliphatic heterocycles. The summed E-state index contributed by atoms with van der Waals surface area (Å²) in [4.78, 5) is 13.9. The van der Waals surface area contributed by atoms with Crippen molar-refractivity contribution in [1.29, 1.82) is 0 Å². The van der Waals surface area contributed by atoms with E-state index in [0.717, 1.165) is 12.1 Å². The van der Waals surface area contributed by atoms with Crippen LogP contribution in [0.25, 0.3) is 6.08 Å². The minimum atomic E-state index is -4.61. The van der Waals surface area contributed by atoms with Gasteiger partial charge in [0.25, 0.3) is 5.91 Å². The summed E-state index contributed by atoms with van der Waals surface area (Å²) in [6.07, 6.45) is -7.21.